The van der Waals surface area contributed by atoms with E-state index >= 15 is 0 Å². The van der Waals surface area contributed by atoms with Gasteiger partial charge in [0.25, 0.3) is 0 Å². The summed E-state index contributed by atoms with van der Waals surface area (Å²) in [6, 6.07) is 0.292. The standard InChI is InChI=1S/C12H14N4O3S/c1-15(6-8(17)13-7-2-3-7)10-9(11(18)19)16-4-5-20-12(16)14-10/h4-5,7H,2-3,6H2,1H3,(H,13,17)(H,18,19). The third-order valence-corrected chi connectivity index (χ3v) is 3.89. The monoisotopic (exact) mass is 294 g/mol. The highest BCUT2D eigenvalue weighted by Gasteiger charge is 2.26. The second-order valence-electron chi connectivity index (χ2n) is 4.84. The number of carbonyl (C=O) groups excluding carboxylic acids is 1. The summed E-state index contributed by atoms with van der Waals surface area (Å²) in [5.41, 5.74) is 0.0861. The Labute approximate surface area is 118 Å². The molecular formula is C12H14N4O3S. The predicted molar refractivity (Wildman–Crippen MR) is 74.5 cm³/mol. The smallest absolute Gasteiger partial charge is 0.356 e. The third kappa shape index (κ3) is 2.34. The Hall–Kier alpha value is -2.09. The van der Waals surface area contributed by atoms with Gasteiger partial charge in [-0.15, -0.1) is 11.3 Å². The zero-order valence-electron chi connectivity index (χ0n) is 10.9. The number of aromatic carboxylic acids is 1. The summed E-state index contributed by atoms with van der Waals surface area (Å²) in [5, 5.41) is 14.0. The van der Waals surface area contributed by atoms with Crippen molar-refractivity contribution in [3.05, 3.63) is 17.3 Å². The average Bonchev–Trinajstić information content (AvgIpc) is 2.92. The number of carboxylic acids is 1. The summed E-state index contributed by atoms with van der Waals surface area (Å²) in [5.74, 6) is -0.849. The zero-order chi connectivity index (χ0) is 14.3. The molecule has 106 valence electrons. The first-order chi connectivity index (χ1) is 9.56. The van der Waals surface area contributed by atoms with E-state index in [4.69, 9.17) is 0 Å². The van der Waals surface area contributed by atoms with E-state index in [0.717, 1.165) is 12.8 Å². The van der Waals surface area contributed by atoms with Gasteiger partial charge in [0.1, 0.15) is 0 Å². The summed E-state index contributed by atoms with van der Waals surface area (Å²) in [7, 11) is 1.67. The van der Waals surface area contributed by atoms with E-state index in [-0.39, 0.29) is 18.1 Å². The molecule has 3 rings (SSSR count). The molecule has 7 nitrogen and oxygen atoms in total. The number of nitrogens with zero attached hydrogens (tertiary/aromatic N) is 3. The molecule has 2 heterocycles. The van der Waals surface area contributed by atoms with Crippen LogP contribution in [0.1, 0.15) is 23.3 Å². The summed E-state index contributed by atoms with van der Waals surface area (Å²) in [4.78, 5) is 29.6. The predicted octanol–water partition coefficient (Wildman–Crippen LogP) is 0.809. The molecule has 0 atom stereocenters. The van der Waals surface area contributed by atoms with E-state index in [0.29, 0.717) is 16.8 Å². The number of imidazole rings is 1. The number of carboxylic acid groups (broad SMARTS) is 1. The first-order valence-corrected chi connectivity index (χ1v) is 7.13. The van der Waals surface area contributed by atoms with Gasteiger partial charge in [0.05, 0.1) is 6.54 Å². The van der Waals surface area contributed by atoms with Gasteiger partial charge >= 0.3 is 5.97 Å². The summed E-state index contributed by atoms with van der Waals surface area (Å²) in [6.07, 6.45) is 3.71. The van der Waals surface area contributed by atoms with E-state index in [2.05, 4.69) is 10.3 Å². The number of amides is 1. The van der Waals surface area contributed by atoms with Crippen molar-refractivity contribution in [2.45, 2.75) is 18.9 Å². The maximum absolute atomic E-state index is 11.8. The molecule has 0 unspecified atom stereocenters. The number of carbonyl (C=O) groups is 2. The van der Waals surface area contributed by atoms with Gasteiger partial charge in [-0.2, -0.15) is 0 Å². The normalized spacial score (nSPS) is 14.4. The molecule has 1 aliphatic carbocycles. The van der Waals surface area contributed by atoms with Gasteiger partial charge in [-0.05, 0) is 12.8 Å². The summed E-state index contributed by atoms with van der Waals surface area (Å²) >= 11 is 1.36. The highest BCUT2D eigenvalue weighted by Crippen LogP contribution is 2.24. The topological polar surface area (TPSA) is 86.9 Å². The van der Waals surface area contributed by atoms with Crippen LogP contribution in [0.5, 0.6) is 0 Å². The van der Waals surface area contributed by atoms with Crippen LogP contribution in [-0.4, -0.2) is 46.0 Å². The summed E-state index contributed by atoms with van der Waals surface area (Å²) < 4.78 is 1.53. The first kappa shape index (κ1) is 12.9. The van der Waals surface area contributed by atoms with Crippen LogP contribution < -0.4 is 10.2 Å². The number of aromatic nitrogens is 2. The van der Waals surface area contributed by atoms with Gasteiger partial charge < -0.3 is 15.3 Å². The Kier molecular flexibility index (Phi) is 3.09. The lowest BCUT2D eigenvalue weighted by Crippen LogP contribution is -2.37. The highest BCUT2D eigenvalue weighted by atomic mass is 32.1. The Balaban J connectivity index is 1.84. The maximum Gasteiger partial charge on any atom is 0.356 e. The fraction of sp³-hybridized carbons (Fsp3) is 0.417. The minimum atomic E-state index is -1.06. The average molecular weight is 294 g/mol. The zero-order valence-corrected chi connectivity index (χ0v) is 11.7. The third-order valence-electron chi connectivity index (χ3n) is 3.13. The molecule has 0 bridgehead atoms. The van der Waals surface area contributed by atoms with Crippen LogP contribution in [0, 0.1) is 0 Å². The number of thiazole rings is 1. The van der Waals surface area contributed by atoms with Crippen molar-refractivity contribution >= 4 is 34.0 Å². The minimum absolute atomic E-state index is 0.0861. The Morgan fingerprint density at radius 2 is 2.35 bits per heavy atom. The molecule has 20 heavy (non-hydrogen) atoms. The number of nitrogens with one attached hydrogen (secondary N) is 1. The quantitative estimate of drug-likeness (QED) is 0.852. The fourth-order valence-electron chi connectivity index (χ4n) is 2.03. The SMILES string of the molecule is CN(CC(=O)NC1CC1)c1nc2sccn2c1C(=O)O. The van der Waals surface area contributed by atoms with Crippen molar-refractivity contribution in [2.24, 2.45) is 0 Å². The molecule has 2 aromatic rings. The lowest BCUT2D eigenvalue weighted by atomic mass is 10.4. The van der Waals surface area contributed by atoms with Crippen molar-refractivity contribution in [1.82, 2.24) is 14.7 Å². The van der Waals surface area contributed by atoms with Gasteiger partial charge in [-0.25, -0.2) is 9.78 Å². The van der Waals surface area contributed by atoms with E-state index in [1.54, 1.807) is 23.5 Å². The van der Waals surface area contributed by atoms with Gasteiger partial charge in [0.15, 0.2) is 16.5 Å². The van der Waals surface area contributed by atoms with Crippen LogP contribution in [0.3, 0.4) is 0 Å². The van der Waals surface area contributed by atoms with Gasteiger partial charge in [-0.1, -0.05) is 0 Å². The molecule has 0 saturated heterocycles. The second-order valence-corrected chi connectivity index (χ2v) is 5.72. The van der Waals surface area contributed by atoms with Gasteiger partial charge in [0.2, 0.25) is 5.91 Å². The van der Waals surface area contributed by atoms with Crippen molar-refractivity contribution in [3.63, 3.8) is 0 Å². The van der Waals surface area contributed by atoms with E-state index in [1.807, 2.05) is 0 Å². The second kappa shape index (κ2) is 4.78. The Bertz CT molecular complexity index is 673. The number of hydrogen-bond acceptors (Lipinski definition) is 5. The number of rotatable bonds is 5. The number of fused-ring (bicyclic) bond motifs is 1. The maximum atomic E-state index is 11.8. The van der Waals surface area contributed by atoms with Crippen LogP contribution in [-0.2, 0) is 4.79 Å². The lowest BCUT2D eigenvalue weighted by molar-refractivity contribution is -0.119. The van der Waals surface area contributed by atoms with E-state index in [9.17, 15) is 14.7 Å². The largest absolute Gasteiger partial charge is 0.476 e. The van der Waals surface area contributed by atoms with Crippen molar-refractivity contribution in [3.8, 4) is 0 Å². The minimum Gasteiger partial charge on any atom is -0.476 e. The van der Waals surface area contributed by atoms with Crippen LogP contribution in [0.4, 0.5) is 5.82 Å². The molecule has 0 spiro atoms. The van der Waals surface area contributed by atoms with Crippen LogP contribution in [0.2, 0.25) is 0 Å². The highest BCUT2D eigenvalue weighted by molar-refractivity contribution is 7.15. The molecule has 1 fully saturated rings. The van der Waals surface area contributed by atoms with Crippen molar-refractivity contribution in [1.29, 1.82) is 0 Å². The van der Waals surface area contributed by atoms with Gasteiger partial charge in [-0.3, -0.25) is 9.20 Å². The molecular weight excluding hydrogens is 280 g/mol. The Morgan fingerprint density at radius 3 is 3.00 bits per heavy atom. The van der Waals surface area contributed by atoms with Crippen LogP contribution in [0.25, 0.3) is 4.96 Å². The molecule has 2 aromatic heterocycles. The molecule has 1 aliphatic rings. The fourth-order valence-corrected chi connectivity index (χ4v) is 2.74. The first-order valence-electron chi connectivity index (χ1n) is 6.25. The van der Waals surface area contributed by atoms with Crippen molar-refractivity contribution < 1.29 is 14.7 Å². The summed E-state index contributed by atoms with van der Waals surface area (Å²) in [6.45, 7) is 0.0988. The van der Waals surface area contributed by atoms with Crippen LogP contribution >= 0.6 is 11.3 Å². The molecule has 0 radical (unpaired) electrons. The molecule has 2 N–H and O–H groups in total. The van der Waals surface area contributed by atoms with Gasteiger partial charge in [0, 0.05) is 24.7 Å². The molecule has 1 saturated carbocycles. The molecule has 0 aliphatic heterocycles. The van der Waals surface area contributed by atoms with E-state index < -0.39 is 5.97 Å². The van der Waals surface area contributed by atoms with Crippen molar-refractivity contribution in [2.75, 3.05) is 18.5 Å². The molecule has 1 amide bonds. The molecule has 8 heteroatoms. The Morgan fingerprint density at radius 1 is 1.60 bits per heavy atom. The molecule has 0 aromatic carbocycles. The number of anilines is 1. The lowest BCUT2D eigenvalue weighted by Gasteiger charge is -2.16. The number of hydrogen-bond donors (Lipinski definition) is 2. The van der Waals surface area contributed by atoms with E-state index in [1.165, 1.54) is 15.7 Å². The number of likely N-dealkylation sites (N-methyl/N-ethyl adjacent to an activating group) is 1. The van der Waals surface area contributed by atoms with Crippen LogP contribution in [0.15, 0.2) is 11.6 Å².